The van der Waals surface area contributed by atoms with Crippen molar-refractivity contribution in [3.05, 3.63) is 46.2 Å². The Kier molecular flexibility index (Phi) is 6.38. The first-order valence-corrected chi connectivity index (χ1v) is 7.85. The molecular formula is C16H16ClF3N4O2. The maximum Gasteiger partial charge on any atom is 0.417 e. The average Bonchev–Trinajstić information content (AvgIpc) is 2.55. The van der Waals surface area contributed by atoms with Gasteiger partial charge in [0.2, 0.25) is 5.95 Å². The second-order valence-electron chi connectivity index (χ2n) is 5.28. The molecule has 10 heteroatoms. The van der Waals surface area contributed by atoms with E-state index in [9.17, 15) is 18.0 Å². The number of hydrogen-bond donors (Lipinski definition) is 2. The normalized spacial score (nSPS) is 11.3. The van der Waals surface area contributed by atoms with Gasteiger partial charge in [-0.2, -0.15) is 13.2 Å². The fraction of sp³-hybridized carbons (Fsp3) is 0.312. The fourth-order valence-electron chi connectivity index (χ4n) is 2.04. The second-order valence-corrected chi connectivity index (χ2v) is 5.69. The Balaban J connectivity index is 2.20. The monoisotopic (exact) mass is 388 g/mol. The predicted octanol–water partition coefficient (Wildman–Crippen LogP) is 3.77. The van der Waals surface area contributed by atoms with Crippen LogP contribution in [0.4, 0.5) is 24.8 Å². The zero-order valence-electron chi connectivity index (χ0n) is 13.9. The van der Waals surface area contributed by atoms with Crippen molar-refractivity contribution in [2.24, 2.45) is 0 Å². The lowest BCUT2D eigenvalue weighted by atomic mass is 10.2. The summed E-state index contributed by atoms with van der Waals surface area (Å²) in [7, 11) is 1.54. The average molecular weight is 389 g/mol. The molecule has 0 unspecified atom stereocenters. The number of hydrogen-bond acceptors (Lipinski definition) is 5. The van der Waals surface area contributed by atoms with Gasteiger partial charge in [-0.05, 0) is 31.2 Å². The topological polar surface area (TPSA) is 76.1 Å². The van der Waals surface area contributed by atoms with E-state index in [1.165, 1.54) is 12.1 Å². The van der Waals surface area contributed by atoms with Crippen LogP contribution in [0.3, 0.4) is 0 Å². The van der Waals surface area contributed by atoms with Gasteiger partial charge in [-0.1, -0.05) is 11.6 Å². The van der Waals surface area contributed by atoms with E-state index < -0.39 is 22.7 Å². The minimum atomic E-state index is -4.62. The third-order valence-electron chi connectivity index (χ3n) is 3.21. The molecule has 1 aromatic heterocycles. The Hall–Kier alpha value is -2.39. The molecule has 1 aromatic carbocycles. The number of aryl methyl sites for hydroxylation is 1. The number of anilines is 2. The Morgan fingerprint density at radius 3 is 2.65 bits per heavy atom. The number of rotatable bonds is 6. The highest BCUT2D eigenvalue weighted by molar-refractivity contribution is 6.31. The quantitative estimate of drug-likeness (QED) is 0.737. The zero-order valence-corrected chi connectivity index (χ0v) is 14.7. The van der Waals surface area contributed by atoms with Gasteiger partial charge in [-0.3, -0.25) is 4.79 Å². The first-order chi connectivity index (χ1) is 12.2. The molecule has 0 fully saturated rings. The van der Waals surface area contributed by atoms with E-state index in [1.54, 1.807) is 14.0 Å². The van der Waals surface area contributed by atoms with Crippen LogP contribution in [0.15, 0.2) is 24.3 Å². The summed E-state index contributed by atoms with van der Waals surface area (Å²) >= 11 is 5.56. The van der Waals surface area contributed by atoms with E-state index in [4.69, 9.17) is 16.3 Å². The Bertz CT molecular complexity index is 800. The minimum Gasteiger partial charge on any atom is -0.383 e. The van der Waals surface area contributed by atoms with E-state index in [-0.39, 0.29) is 17.3 Å². The highest BCUT2D eigenvalue weighted by Crippen LogP contribution is 2.36. The Labute approximate surface area is 152 Å². The smallest absolute Gasteiger partial charge is 0.383 e. The molecule has 0 aliphatic heterocycles. The largest absolute Gasteiger partial charge is 0.417 e. The molecule has 2 N–H and O–H groups in total. The maximum absolute atomic E-state index is 12.9. The number of carbonyl (C=O) groups excluding carboxylic acids is 1. The molecule has 0 atom stereocenters. The number of nitrogens with zero attached hydrogens (tertiary/aromatic N) is 2. The zero-order chi connectivity index (χ0) is 19.3. The molecule has 140 valence electrons. The molecule has 1 amide bonds. The number of methoxy groups -OCH3 is 1. The number of aromatic nitrogens is 2. The van der Waals surface area contributed by atoms with Gasteiger partial charge in [0.1, 0.15) is 5.69 Å². The molecule has 2 aromatic rings. The summed E-state index contributed by atoms with van der Waals surface area (Å²) in [6, 6.07) is 4.55. The number of alkyl halides is 3. The van der Waals surface area contributed by atoms with E-state index >= 15 is 0 Å². The van der Waals surface area contributed by atoms with Crippen molar-refractivity contribution in [2.45, 2.75) is 13.1 Å². The van der Waals surface area contributed by atoms with Gasteiger partial charge in [0.05, 0.1) is 17.2 Å². The lowest BCUT2D eigenvalue weighted by Crippen LogP contribution is -2.18. The SMILES string of the molecule is COCCNc1nc(C)cc(C(=O)Nc2ccc(Cl)c(C(F)(F)F)c2)n1. The molecule has 0 saturated heterocycles. The standard InChI is InChI=1S/C16H16ClF3N4O2/c1-9-7-13(24-15(22-9)21-5-6-26-2)14(25)23-10-3-4-12(17)11(8-10)16(18,19)20/h3-4,7-8H,5-6H2,1-2H3,(H,23,25)(H,21,22,24). The molecule has 0 aliphatic rings. The summed E-state index contributed by atoms with van der Waals surface area (Å²) in [6.45, 7) is 2.53. The molecule has 26 heavy (non-hydrogen) atoms. The summed E-state index contributed by atoms with van der Waals surface area (Å²) in [6.07, 6.45) is -4.62. The summed E-state index contributed by atoms with van der Waals surface area (Å²) in [5, 5.41) is 4.82. The summed E-state index contributed by atoms with van der Waals surface area (Å²) in [5.41, 5.74) is -0.535. The van der Waals surface area contributed by atoms with E-state index in [0.717, 1.165) is 12.1 Å². The number of carbonyl (C=O) groups is 1. The van der Waals surface area contributed by atoms with E-state index in [1.807, 2.05) is 0 Å². The van der Waals surface area contributed by atoms with Gasteiger partial charge in [0.15, 0.2) is 0 Å². The number of nitrogens with one attached hydrogen (secondary N) is 2. The maximum atomic E-state index is 12.9. The fourth-order valence-corrected chi connectivity index (χ4v) is 2.27. The van der Waals surface area contributed by atoms with Gasteiger partial charge in [-0.15, -0.1) is 0 Å². The lowest BCUT2D eigenvalue weighted by molar-refractivity contribution is -0.137. The third kappa shape index (κ3) is 5.30. The van der Waals surface area contributed by atoms with Crippen molar-refractivity contribution in [1.82, 2.24) is 9.97 Å². The van der Waals surface area contributed by atoms with Crippen LogP contribution in [-0.4, -0.2) is 36.1 Å². The number of ether oxygens (including phenoxy) is 1. The van der Waals surface area contributed by atoms with Crippen LogP contribution in [-0.2, 0) is 10.9 Å². The van der Waals surface area contributed by atoms with E-state index in [0.29, 0.717) is 18.8 Å². The molecule has 6 nitrogen and oxygen atoms in total. The highest BCUT2D eigenvalue weighted by atomic mass is 35.5. The third-order valence-corrected chi connectivity index (χ3v) is 3.54. The number of halogens is 4. The van der Waals surface area contributed by atoms with Crippen molar-refractivity contribution in [3.63, 3.8) is 0 Å². The van der Waals surface area contributed by atoms with Crippen LogP contribution in [0.25, 0.3) is 0 Å². The molecule has 0 bridgehead atoms. The molecule has 0 radical (unpaired) electrons. The van der Waals surface area contributed by atoms with Crippen molar-refractivity contribution >= 4 is 29.1 Å². The highest BCUT2D eigenvalue weighted by Gasteiger charge is 2.33. The van der Waals surface area contributed by atoms with Gasteiger partial charge >= 0.3 is 6.18 Å². The number of amides is 1. The first-order valence-electron chi connectivity index (χ1n) is 7.47. The molecular weight excluding hydrogens is 373 g/mol. The van der Waals surface area contributed by atoms with Crippen molar-refractivity contribution in [1.29, 1.82) is 0 Å². The van der Waals surface area contributed by atoms with Crippen molar-refractivity contribution < 1.29 is 22.7 Å². The predicted molar refractivity (Wildman–Crippen MR) is 91.5 cm³/mol. The van der Waals surface area contributed by atoms with Crippen LogP contribution in [0.1, 0.15) is 21.7 Å². The van der Waals surface area contributed by atoms with Crippen molar-refractivity contribution in [3.8, 4) is 0 Å². The molecule has 1 heterocycles. The van der Waals surface area contributed by atoms with Crippen LogP contribution in [0.2, 0.25) is 5.02 Å². The van der Waals surface area contributed by atoms with Gasteiger partial charge in [0.25, 0.3) is 5.91 Å². The molecule has 0 spiro atoms. The van der Waals surface area contributed by atoms with Crippen LogP contribution >= 0.6 is 11.6 Å². The van der Waals surface area contributed by atoms with Crippen LogP contribution < -0.4 is 10.6 Å². The van der Waals surface area contributed by atoms with Crippen molar-refractivity contribution in [2.75, 3.05) is 30.9 Å². The minimum absolute atomic E-state index is 0.0147. The number of benzene rings is 1. The lowest BCUT2D eigenvalue weighted by Gasteiger charge is -2.12. The Morgan fingerprint density at radius 2 is 2.00 bits per heavy atom. The summed E-state index contributed by atoms with van der Waals surface area (Å²) < 4.78 is 43.6. The first kappa shape index (κ1) is 19.9. The summed E-state index contributed by atoms with van der Waals surface area (Å²) in [5.74, 6) is -0.444. The van der Waals surface area contributed by atoms with Gasteiger partial charge < -0.3 is 15.4 Å². The van der Waals surface area contributed by atoms with Crippen LogP contribution in [0, 0.1) is 6.92 Å². The van der Waals surface area contributed by atoms with E-state index in [2.05, 4.69) is 20.6 Å². The van der Waals surface area contributed by atoms with Gasteiger partial charge in [-0.25, -0.2) is 9.97 Å². The van der Waals surface area contributed by atoms with Gasteiger partial charge in [0, 0.05) is 25.0 Å². The molecule has 0 aliphatic carbocycles. The molecule has 0 saturated carbocycles. The Morgan fingerprint density at radius 1 is 1.27 bits per heavy atom. The van der Waals surface area contributed by atoms with Crippen LogP contribution in [0.5, 0.6) is 0 Å². The molecule has 2 rings (SSSR count). The second kappa shape index (κ2) is 8.33. The summed E-state index contributed by atoms with van der Waals surface area (Å²) in [4.78, 5) is 20.5.